The van der Waals surface area contributed by atoms with Gasteiger partial charge in [0, 0.05) is 23.6 Å². The summed E-state index contributed by atoms with van der Waals surface area (Å²) in [7, 11) is 3.51. The summed E-state index contributed by atoms with van der Waals surface area (Å²) in [6.45, 7) is 2.21. The first-order valence-electron chi connectivity index (χ1n) is 6.29. The monoisotopic (exact) mass is 269 g/mol. The maximum atomic E-state index is 5.54. The Hall–Kier alpha value is -0.930. The Morgan fingerprint density at radius 1 is 1.11 bits per heavy atom. The van der Waals surface area contributed by atoms with Crippen LogP contribution in [-0.4, -0.2) is 27.3 Å². The normalized spacial score (nSPS) is 24.8. The molecule has 1 N–H and O–H groups in total. The quantitative estimate of drug-likeness (QED) is 0.894. The van der Waals surface area contributed by atoms with Crippen molar-refractivity contribution in [1.82, 2.24) is 5.32 Å². The number of nitrogens with one attached hydrogen (secondary N) is 1. The molecule has 2 aliphatic rings. The molecular weight excluding hydrogens is 250 g/mol. The third-order valence-electron chi connectivity index (χ3n) is 4.19. The zero-order valence-corrected chi connectivity index (χ0v) is 11.7. The van der Waals surface area contributed by atoms with E-state index >= 15 is 0 Å². The van der Waals surface area contributed by atoms with Gasteiger partial charge in [-0.1, -0.05) is 0 Å². The highest BCUT2D eigenvalue weighted by Crippen LogP contribution is 2.46. The first-order chi connectivity index (χ1) is 8.35. The van der Waals surface area contributed by atoms with Gasteiger partial charge in [0.15, 0.2) is 0 Å². The summed E-state index contributed by atoms with van der Waals surface area (Å²) in [4.78, 5) is 0. The van der Waals surface area contributed by atoms with E-state index in [4.69, 9.17) is 9.47 Å². The van der Waals surface area contributed by atoms with E-state index in [9.17, 15) is 0 Å². The van der Waals surface area contributed by atoms with Crippen molar-refractivity contribution in [3.8, 4) is 11.5 Å². The minimum Gasteiger partial charge on any atom is -0.496 e. The highest BCUT2D eigenvalue weighted by molar-refractivity contribution is 5.85. The van der Waals surface area contributed by atoms with Gasteiger partial charge >= 0.3 is 0 Å². The van der Waals surface area contributed by atoms with E-state index in [0.29, 0.717) is 5.92 Å². The van der Waals surface area contributed by atoms with Crippen LogP contribution < -0.4 is 14.8 Å². The number of rotatable bonds is 2. The van der Waals surface area contributed by atoms with Crippen molar-refractivity contribution in [2.45, 2.75) is 18.8 Å². The Bertz CT molecular complexity index is 436. The van der Waals surface area contributed by atoms with Crippen LogP contribution in [0.25, 0.3) is 0 Å². The lowest BCUT2D eigenvalue weighted by molar-refractivity contribution is 0.367. The molecule has 0 radical (unpaired) electrons. The topological polar surface area (TPSA) is 30.5 Å². The number of hydrogen-bond donors (Lipinski definition) is 1. The van der Waals surface area contributed by atoms with Crippen LogP contribution in [0, 0.1) is 5.92 Å². The molecule has 1 aromatic rings. The Balaban J connectivity index is 0.00000120. The van der Waals surface area contributed by atoms with E-state index in [1.54, 1.807) is 14.2 Å². The molecule has 4 heteroatoms. The van der Waals surface area contributed by atoms with Crippen molar-refractivity contribution in [3.05, 3.63) is 23.3 Å². The van der Waals surface area contributed by atoms with Gasteiger partial charge in [0.05, 0.1) is 14.2 Å². The number of fused-ring (bicyclic) bond motifs is 3. The first-order valence-corrected chi connectivity index (χ1v) is 6.29. The van der Waals surface area contributed by atoms with E-state index in [-0.39, 0.29) is 12.4 Å². The predicted molar refractivity (Wildman–Crippen MR) is 74.2 cm³/mol. The van der Waals surface area contributed by atoms with Crippen molar-refractivity contribution in [2.24, 2.45) is 5.92 Å². The van der Waals surface area contributed by atoms with Gasteiger partial charge in [-0.05, 0) is 37.4 Å². The number of halogens is 1. The van der Waals surface area contributed by atoms with Crippen molar-refractivity contribution < 1.29 is 9.47 Å². The molecule has 2 unspecified atom stereocenters. The lowest BCUT2D eigenvalue weighted by Crippen LogP contribution is -2.20. The molecule has 1 fully saturated rings. The molecule has 1 saturated heterocycles. The second-order valence-electron chi connectivity index (χ2n) is 4.93. The molecular formula is C14H20ClNO2. The fourth-order valence-corrected chi connectivity index (χ4v) is 3.36. The van der Waals surface area contributed by atoms with Crippen LogP contribution in [0.3, 0.4) is 0 Å². The molecule has 0 saturated carbocycles. The zero-order chi connectivity index (χ0) is 11.8. The molecule has 1 heterocycles. The van der Waals surface area contributed by atoms with Gasteiger partial charge in [0.2, 0.25) is 0 Å². The molecule has 1 aliphatic carbocycles. The van der Waals surface area contributed by atoms with E-state index < -0.39 is 0 Å². The van der Waals surface area contributed by atoms with Gasteiger partial charge in [0.1, 0.15) is 11.5 Å². The Morgan fingerprint density at radius 2 is 1.83 bits per heavy atom. The summed E-state index contributed by atoms with van der Waals surface area (Å²) in [5.74, 6) is 3.41. The highest BCUT2D eigenvalue weighted by atomic mass is 35.5. The van der Waals surface area contributed by atoms with Gasteiger partial charge in [-0.3, -0.25) is 0 Å². The lowest BCUT2D eigenvalue weighted by Gasteiger charge is -2.30. The van der Waals surface area contributed by atoms with Gasteiger partial charge in [-0.15, -0.1) is 12.4 Å². The summed E-state index contributed by atoms with van der Waals surface area (Å²) in [6, 6.07) is 4.07. The second kappa shape index (κ2) is 5.37. The zero-order valence-electron chi connectivity index (χ0n) is 10.9. The SMILES string of the molecule is COc1ccc(OC)c2c1CCC1CNCC21.Cl. The smallest absolute Gasteiger partial charge is 0.122 e. The molecule has 1 aliphatic heterocycles. The van der Waals surface area contributed by atoms with Crippen molar-refractivity contribution in [2.75, 3.05) is 27.3 Å². The van der Waals surface area contributed by atoms with Gasteiger partial charge in [0.25, 0.3) is 0 Å². The van der Waals surface area contributed by atoms with Crippen LogP contribution in [0.2, 0.25) is 0 Å². The van der Waals surface area contributed by atoms with Crippen molar-refractivity contribution in [3.63, 3.8) is 0 Å². The van der Waals surface area contributed by atoms with E-state index in [1.165, 1.54) is 17.5 Å². The first kappa shape index (κ1) is 13.5. The standard InChI is InChI=1S/C14H19NO2.ClH/c1-16-12-5-6-13(17-2)14-10(12)4-3-9-7-15-8-11(9)14;/h5-6,9,11,15H,3-4,7-8H2,1-2H3;1H. The van der Waals surface area contributed by atoms with Crippen LogP contribution in [-0.2, 0) is 6.42 Å². The largest absolute Gasteiger partial charge is 0.496 e. The summed E-state index contributed by atoms with van der Waals surface area (Å²) in [5, 5.41) is 3.50. The molecule has 0 bridgehead atoms. The average Bonchev–Trinajstić information content (AvgIpc) is 2.85. The Kier molecular flexibility index (Phi) is 4.03. The lowest BCUT2D eigenvalue weighted by atomic mass is 9.76. The van der Waals surface area contributed by atoms with Crippen LogP contribution >= 0.6 is 12.4 Å². The molecule has 2 atom stereocenters. The molecule has 3 rings (SSSR count). The number of ether oxygens (including phenoxy) is 2. The number of benzene rings is 1. The summed E-state index contributed by atoms with van der Waals surface area (Å²) in [5.41, 5.74) is 2.74. The van der Waals surface area contributed by atoms with E-state index in [2.05, 4.69) is 5.32 Å². The minimum atomic E-state index is 0. The Morgan fingerprint density at radius 3 is 2.56 bits per heavy atom. The van der Waals surface area contributed by atoms with Crippen LogP contribution in [0.4, 0.5) is 0 Å². The summed E-state index contributed by atoms with van der Waals surface area (Å²) < 4.78 is 11.0. The van der Waals surface area contributed by atoms with Gasteiger partial charge < -0.3 is 14.8 Å². The molecule has 18 heavy (non-hydrogen) atoms. The fraction of sp³-hybridized carbons (Fsp3) is 0.571. The third-order valence-corrected chi connectivity index (χ3v) is 4.19. The fourth-order valence-electron chi connectivity index (χ4n) is 3.36. The maximum absolute atomic E-state index is 5.54. The highest BCUT2D eigenvalue weighted by Gasteiger charge is 2.36. The molecule has 100 valence electrons. The summed E-state index contributed by atoms with van der Waals surface area (Å²) >= 11 is 0. The molecule has 3 nitrogen and oxygen atoms in total. The van der Waals surface area contributed by atoms with E-state index in [1.807, 2.05) is 12.1 Å². The van der Waals surface area contributed by atoms with Crippen LogP contribution in [0.5, 0.6) is 11.5 Å². The molecule has 0 amide bonds. The number of hydrogen-bond acceptors (Lipinski definition) is 3. The van der Waals surface area contributed by atoms with Crippen molar-refractivity contribution in [1.29, 1.82) is 0 Å². The minimum absolute atomic E-state index is 0. The Labute approximate surface area is 114 Å². The maximum Gasteiger partial charge on any atom is 0.122 e. The van der Waals surface area contributed by atoms with Crippen molar-refractivity contribution >= 4 is 12.4 Å². The molecule has 1 aromatic carbocycles. The van der Waals surface area contributed by atoms with Gasteiger partial charge in [-0.25, -0.2) is 0 Å². The average molecular weight is 270 g/mol. The van der Waals surface area contributed by atoms with E-state index in [0.717, 1.165) is 36.9 Å². The van der Waals surface area contributed by atoms with Crippen LogP contribution in [0.1, 0.15) is 23.5 Å². The predicted octanol–water partition coefficient (Wildman–Crippen LogP) is 2.37. The molecule has 0 spiro atoms. The number of methoxy groups -OCH3 is 2. The van der Waals surface area contributed by atoms with Gasteiger partial charge in [-0.2, -0.15) is 0 Å². The third kappa shape index (κ3) is 1.95. The summed E-state index contributed by atoms with van der Waals surface area (Å²) in [6.07, 6.45) is 2.37. The van der Waals surface area contributed by atoms with Crippen LogP contribution in [0.15, 0.2) is 12.1 Å². The molecule has 0 aromatic heterocycles. The second-order valence-corrected chi connectivity index (χ2v) is 4.93.